The number of thiophene rings is 1. The van der Waals surface area contributed by atoms with Crippen molar-refractivity contribution in [2.75, 3.05) is 5.32 Å². The number of carbonyl (C=O) groups is 1. The highest BCUT2D eigenvalue weighted by atomic mass is 32.1. The third-order valence-corrected chi connectivity index (χ3v) is 4.11. The molecule has 88 valence electrons. The SMILES string of the molecule is CC(=O)Nc1ccsc1CNC1(C)CCC1. The maximum atomic E-state index is 11.0. The molecule has 2 N–H and O–H groups in total. The highest BCUT2D eigenvalue weighted by molar-refractivity contribution is 7.10. The molecule has 16 heavy (non-hydrogen) atoms. The molecule has 0 radical (unpaired) electrons. The van der Waals surface area contributed by atoms with Crippen LogP contribution in [-0.2, 0) is 11.3 Å². The van der Waals surface area contributed by atoms with Gasteiger partial charge >= 0.3 is 0 Å². The summed E-state index contributed by atoms with van der Waals surface area (Å²) < 4.78 is 0. The molecule has 0 aromatic carbocycles. The lowest BCUT2D eigenvalue weighted by atomic mass is 9.78. The molecule has 2 rings (SSSR count). The molecule has 4 heteroatoms. The van der Waals surface area contributed by atoms with Crippen molar-refractivity contribution in [2.24, 2.45) is 0 Å². The molecule has 0 unspecified atom stereocenters. The lowest BCUT2D eigenvalue weighted by molar-refractivity contribution is -0.114. The highest BCUT2D eigenvalue weighted by Gasteiger charge is 2.30. The van der Waals surface area contributed by atoms with Gasteiger partial charge in [0.15, 0.2) is 0 Å². The predicted octanol–water partition coefficient (Wildman–Crippen LogP) is 2.74. The van der Waals surface area contributed by atoms with Gasteiger partial charge in [0.25, 0.3) is 0 Å². The minimum atomic E-state index is -0.00509. The molecule has 0 saturated heterocycles. The van der Waals surface area contributed by atoms with E-state index in [-0.39, 0.29) is 5.91 Å². The lowest BCUT2D eigenvalue weighted by Gasteiger charge is -2.39. The molecule has 0 atom stereocenters. The quantitative estimate of drug-likeness (QED) is 0.847. The summed E-state index contributed by atoms with van der Waals surface area (Å²) in [5.41, 5.74) is 1.27. The summed E-state index contributed by atoms with van der Waals surface area (Å²) in [6.07, 6.45) is 3.84. The Morgan fingerprint density at radius 3 is 2.88 bits per heavy atom. The molecule has 0 bridgehead atoms. The van der Waals surface area contributed by atoms with Crippen LogP contribution in [0.25, 0.3) is 0 Å². The molecule has 1 aromatic heterocycles. The smallest absolute Gasteiger partial charge is 0.221 e. The zero-order valence-electron chi connectivity index (χ0n) is 9.80. The van der Waals surface area contributed by atoms with E-state index >= 15 is 0 Å². The molecule has 0 aliphatic heterocycles. The minimum absolute atomic E-state index is 0.00509. The molecular formula is C12H18N2OS. The van der Waals surface area contributed by atoms with E-state index in [2.05, 4.69) is 17.6 Å². The first-order chi connectivity index (χ1) is 7.59. The summed E-state index contributed by atoms with van der Waals surface area (Å²) >= 11 is 1.69. The van der Waals surface area contributed by atoms with Gasteiger partial charge in [0, 0.05) is 23.9 Å². The standard InChI is InChI=1S/C12H18N2OS/c1-9(15)14-10-4-7-16-11(10)8-13-12(2)5-3-6-12/h4,7,13H,3,5-6,8H2,1-2H3,(H,14,15). The van der Waals surface area contributed by atoms with Gasteiger partial charge in [-0.3, -0.25) is 4.79 Å². The van der Waals surface area contributed by atoms with E-state index in [1.807, 2.05) is 11.4 Å². The number of nitrogens with one attached hydrogen (secondary N) is 2. The zero-order valence-corrected chi connectivity index (χ0v) is 10.6. The molecule has 3 nitrogen and oxygen atoms in total. The Balaban J connectivity index is 1.93. The Morgan fingerprint density at radius 1 is 1.56 bits per heavy atom. The second-order valence-corrected chi connectivity index (χ2v) is 5.71. The zero-order chi connectivity index (χ0) is 11.6. The van der Waals surface area contributed by atoms with Crippen LogP contribution in [0, 0.1) is 0 Å². The first kappa shape index (κ1) is 11.6. The Bertz CT molecular complexity index is 382. The molecule has 1 saturated carbocycles. The first-order valence-corrected chi connectivity index (χ1v) is 6.56. The second kappa shape index (κ2) is 4.55. The highest BCUT2D eigenvalue weighted by Crippen LogP contribution is 2.32. The Morgan fingerprint density at radius 2 is 2.31 bits per heavy atom. The normalized spacial score (nSPS) is 17.9. The topological polar surface area (TPSA) is 41.1 Å². The van der Waals surface area contributed by atoms with Crippen molar-refractivity contribution >= 4 is 22.9 Å². The largest absolute Gasteiger partial charge is 0.325 e. The van der Waals surface area contributed by atoms with E-state index in [4.69, 9.17) is 0 Å². The number of carbonyl (C=O) groups excluding carboxylic acids is 1. The molecule has 1 aromatic rings. The van der Waals surface area contributed by atoms with Crippen LogP contribution in [0.15, 0.2) is 11.4 Å². The number of amides is 1. The van der Waals surface area contributed by atoms with Crippen LogP contribution in [0.3, 0.4) is 0 Å². The Hall–Kier alpha value is -0.870. The summed E-state index contributed by atoms with van der Waals surface area (Å²) in [5.74, 6) is -0.00509. The van der Waals surface area contributed by atoms with Crippen LogP contribution < -0.4 is 10.6 Å². The summed E-state index contributed by atoms with van der Waals surface area (Å²) in [7, 11) is 0. The number of rotatable bonds is 4. The van der Waals surface area contributed by atoms with Gasteiger partial charge in [0.2, 0.25) is 5.91 Å². The molecular weight excluding hydrogens is 220 g/mol. The van der Waals surface area contributed by atoms with Crippen molar-refractivity contribution in [3.63, 3.8) is 0 Å². The van der Waals surface area contributed by atoms with Crippen molar-refractivity contribution in [2.45, 2.75) is 45.2 Å². The number of hydrogen-bond donors (Lipinski definition) is 2. The van der Waals surface area contributed by atoms with Crippen LogP contribution in [0.4, 0.5) is 5.69 Å². The fourth-order valence-corrected chi connectivity index (χ4v) is 2.73. The van der Waals surface area contributed by atoms with Crippen LogP contribution in [0.2, 0.25) is 0 Å². The fraction of sp³-hybridized carbons (Fsp3) is 0.583. The summed E-state index contributed by atoms with van der Waals surface area (Å²) in [6.45, 7) is 4.66. The van der Waals surface area contributed by atoms with Crippen molar-refractivity contribution in [1.82, 2.24) is 5.32 Å². The van der Waals surface area contributed by atoms with Crippen molar-refractivity contribution in [3.8, 4) is 0 Å². The van der Waals surface area contributed by atoms with E-state index in [9.17, 15) is 4.79 Å². The van der Waals surface area contributed by atoms with Gasteiger partial charge in [0.05, 0.1) is 5.69 Å². The van der Waals surface area contributed by atoms with Gasteiger partial charge in [-0.1, -0.05) is 0 Å². The third kappa shape index (κ3) is 2.62. The van der Waals surface area contributed by atoms with Crippen molar-refractivity contribution in [1.29, 1.82) is 0 Å². The molecule has 1 aliphatic rings. The average molecular weight is 238 g/mol. The van der Waals surface area contributed by atoms with E-state index in [1.165, 1.54) is 24.1 Å². The summed E-state index contributed by atoms with van der Waals surface area (Å²) in [6, 6.07) is 1.96. The molecule has 1 fully saturated rings. The molecule has 1 aliphatic carbocycles. The minimum Gasteiger partial charge on any atom is -0.325 e. The van der Waals surface area contributed by atoms with Crippen molar-refractivity contribution < 1.29 is 4.79 Å². The van der Waals surface area contributed by atoms with Crippen molar-refractivity contribution in [3.05, 3.63) is 16.3 Å². The third-order valence-electron chi connectivity index (χ3n) is 3.19. The Labute approximate surface area is 100 Å². The Kier molecular flexibility index (Phi) is 3.30. The second-order valence-electron chi connectivity index (χ2n) is 4.71. The maximum Gasteiger partial charge on any atom is 0.221 e. The van der Waals surface area contributed by atoms with Gasteiger partial charge in [-0.2, -0.15) is 0 Å². The number of anilines is 1. The van der Waals surface area contributed by atoms with Gasteiger partial charge in [0.1, 0.15) is 0 Å². The van der Waals surface area contributed by atoms with Gasteiger partial charge in [-0.25, -0.2) is 0 Å². The molecule has 1 amide bonds. The maximum absolute atomic E-state index is 11.0. The summed E-state index contributed by atoms with van der Waals surface area (Å²) in [5, 5.41) is 8.45. The molecule has 1 heterocycles. The number of hydrogen-bond acceptors (Lipinski definition) is 3. The van der Waals surface area contributed by atoms with Gasteiger partial charge < -0.3 is 10.6 Å². The van der Waals surface area contributed by atoms with Crippen LogP contribution in [0.5, 0.6) is 0 Å². The molecule has 0 spiro atoms. The fourth-order valence-electron chi connectivity index (χ4n) is 1.96. The van der Waals surface area contributed by atoms with E-state index in [0.29, 0.717) is 5.54 Å². The van der Waals surface area contributed by atoms with E-state index in [0.717, 1.165) is 12.2 Å². The van der Waals surface area contributed by atoms with Crippen LogP contribution in [-0.4, -0.2) is 11.4 Å². The lowest BCUT2D eigenvalue weighted by Crippen LogP contribution is -2.47. The van der Waals surface area contributed by atoms with Gasteiger partial charge in [-0.05, 0) is 37.6 Å². The monoisotopic (exact) mass is 238 g/mol. The first-order valence-electron chi connectivity index (χ1n) is 5.68. The predicted molar refractivity (Wildman–Crippen MR) is 67.7 cm³/mol. The van der Waals surface area contributed by atoms with E-state index < -0.39 is 0 Å². The summed E-state index contributed by atoms with van der Waals surface area (Å²) in [4.78, 5) is 12.2. The van der Waals surface area contributed by atoms with Crippen LogP contribution in [0.1, 0.15) is 38.0 Å². The van der Waals surface area contributed by atoms with E-state index in [1.54, 1.807) is 18.3 Å². The van der Waals surface area contributed by atoms with Crippen LogP contribution >= 0.6 is 11.3 Å². The average Bonchev–Trinajstić information content (AvgIpc) is 2.58. The van der Waals surface area contributed by atoms with Gasteiger partial charge in [-0.15, -0.1) is 11.3 Å².